The molecule has 1 aromatic heterocycles. The number of aromatic nitrogens is 2. The van der Waals surface area contributed by atoms with E-state index in [1.54, 1.807) is 0 Å². The number of hydrogen-bond acceptors (Lipinski definition) is 7. The lowest BCUT2D eigenvalue weighted by Crippen LogP contribution is -2.51. The molecule has 4 atom stereocenters. The number of H-pyrrole nitrogens is 1. The van der Waals surface area contributed by atoms with Crippen molar-refractivity contribution in [2.75, 3.05) is 13.2 Å². The molecule has 1 aliphatic rings. The van der Waals surface area contributed by atoms with Crippen molar-refractivity contribution in [2.45, 2.75) is 24.0 Å². The van der Waals surface area contributed by atoms with Gasteiger partial charge in [-0.15, -0.1) is 0 Å². The Labute approximate surface area is 106 Å². The van der Waals surface area contributed by atoms with Crippen molar-refractivity contribution < 1.29 is 25.2 Å². The Morgan fingerprint density at radius 3 is 2.63 bits per heavy atom. The Kier molecular flexibility index (Phi) is 3.56. The minimum Gasteiger partial charge on any atom is -0.394 e. The van der Waals surface area contributed by atoms with E-state index in [1.807, 2.05) is 4.98 Å². The van der Waals surface area contributed by atoms with E-state index >= 15 is 0 Å². The van der Waals surface area contributed by atoms with Crippen LogP contribution >= 0.6 is 0 Å². The number of rotatable bonds is 3. The van der Waals surface area contributed by atoms with Crippen molar-refractivity contribution in [3.63, 3.8) is 0 Å². The third-order valence-corrected chi connectivity index (χ3v) is 3.13. The van der Waals surface area contributed by atoms with Gasteiger partial charge in [0.25, 0.3) is 5.56 Å². The van der Waals surface area contributed by atoms with E-state index < -0.39 is 48.5 Å². The van der Waals surface area contributed by atoms with Gasteiger partial charge in [-0.3, -0.25) is 14.3 Å². The van der Waals surface area contributed by atoms with Crippen LogP contribution in [0.3, 0.4) is 0 Å². The summed E-state index contributed by atoms with van der Waals surface area (Å²) in [5.41, 5.74) is -3.66. The van der Waals surface area contributed by atoms with Crippen LogP contribution < -0.4 is 11.2 Å². The summed E-state index contributed by atoms with van der Waals surface area (Å²) in [4.78, 5) is 24.5. The first kappa shape index (κ1) is 13.9. The molecule has 1 saturated heterocycles. The summed E-state index contributed by atoms with van der Waals surface area (Å²) < 4.78 is 6.00. The summed E-state index contributed by atoms with van der Waals surface area (Å²) in [5, 5.41) is 38.2. The van der Waals surface area contributed by atoms with Gasteiger partial charge in [0.2, 0.25) is 0 Å². The van der Waals surface area contributed by atoms with Gasteiger partial charge < -0.3 is 25.2 Å². The zero-order chi connectivity index (χ0) is 14.2. The van der Waals surface area contributed by atoms with Crippen LogP contribution in [0.5, 0.6) is 0 Å². The molecule has 0 radical (unpaired) electrons. The SMILES string of the molecule is O=c1ccn([C@@H]2O[C@H](CO)[C@@H](O)[C@]2(O)CO)c(=O)[nH]1. The maximum Gasteiger partial charge on any atom is 0.330 e. The van der Waals surface area contributed by atoms with Gasteiger partial charge in [-0.2, -0.15) is 0 Å². The molecular formula is C10H14N2O7. The molecule has 2 rings (SSSR count). The van der Waals surface area contributed by atoms with Crippen LogP contribution in [0.4, 0.5) is 0 Å². The predicted molar refractivity (Wildman–Crippen MR) is 60.4 cm³/mol. The fourth-order valence-electron chi connectivity index (χ4n) is 2.06. The third-order valence-electron chi connectivity index (χ3n) is 3.13. The minimum absolute atomic E-state index is 0.599. The number of aromatic amines is 1. The molecule has 9 nitrogen and oxygen atoms in total. The first-order chi connectivity index (χ1) is 8.93. The van der Waals surface area contributed by atoms with Crippen LogP contribution in [0.25, 0.3) is 0 Å². The Morgan fingerprint density at radius 1 is 1.42 bits per heavy atom. The van der Waals surface area contributed by atoms with Crippen LogP contribution in [-0.2, 0) is 4.74 Å². The Hall–Kier alpha value is -1.52. The summed E-state index contributed by atoms with van der Waals surface area (Å²) in [6.45, 7) is -1.49. The number of aliphatic hydroxyl groups excluding tert-OH is 3. The van der Waals surface area contributed by atoms with Crippen LogP contribution in [-0.4, -0.2) is 61.0 Å². The molecule has 2 heterocycles. The molecule has 0 aromatic carbocycles. The van der Waals surface area contributed by atoms with E-state index in [2.05, 4.69) is 0 Å². The van der Waals surface area contributed by atoms with Crippen LogP contribution in [0, 0.1) is 0 Å². The highest BCUT2D eigenvalue weighted by molar-refractivity contribution is 5.03. The normalized spacial score (nSPS) is 34.6. The van der Waals surface area contributed by atoms with E-state index in [-0.39, 0.29) is 0 Å². The highest BCUT2D eigenvalue weighted by Gasteiger charge is 2.56. The first-order valence-corrected chi connectivity index (χ1v) is 5.53. The average molecular weight is 274 g/mol. The fraction of sp³-hybridized carbons (Fsp3) is 0.600. The van der Waals surface area contributed by atoms with Gasteiger partial charge in [-0.25, -0.2) is 4.79 Å². The average Bonchev–Trinajstić information content (AvgIpc) is 2.63. The second-order valence-electron chi connectivity index (χ2n) is 4.32. The lowest BCUT2D eigenvalue weighted by molar-refractivity contribution is -0.135. The Balaban J connectivity index is 2.48. The van der Waals surface area contributed by atoms with Crippen LogP contribution in [0.1, 0.15) is 6.23 Å². The largest absolute Gasteiger partial charge is 0.394 e. The molecule has 106 valence electrons. The van der Waals surface area contributed by atoms with E-state index in [0.717, 1.165) is 16.8 Å². The second-order valence-corrected chi connectivity index (χ2v) is 4.32. The summed E-state index contributed by atoms with van der Waals surface area (Å²) in [6.07, 6.45) is -3.08. The molecular weight excluding hydrogens is 260 g/mol. The molecule has 1 fully saturated rings. The van der Waals surface area contributed by atoms with Crippen molar-refractivity contribution in [1.29, 1.82) is 0 Å². The zero-order valence-corrected chi connectivity index (χ0v) is 9.76. The minimum atomic E-state index is -2.16. The number of aliphatic hydroxyl groups is 4. The van der Waals surface area contributed by atoms with Crippen molar-refractivity contribution >= 4 is 0 Å². The highest BCUT2D eigenvalue weighted by atomic mass is 16.6. The molecule has 1 aliphatic heterocycles. The van der Waals surface area contributed by atoms with Crippen molar-refractivity contribution in [2.24, 2.45) is 0 Å². The number of hydrogen-bond donors (Lipinski definition) is 5. The lowest BCUT2D eigenvalue weighted by Gasteiger charge is -2.29. The molecule has 0 aliphatic carbocycles. The maximum absolute atomic E-state index is 11.6. The van der Waals surface area contributed by atoms with E-state index in [4.69, 9.17) is 9.84 Å². The second kappa shape index (κ2) is 4.87. The van der Waals surface area contributed by atoms with Gasteiger partial charge in [0.05, 0.1) is 13.2 Å². The molecule has 0 saturated carbocycles. The zero-order valence-electron chi connectivity index (χ0n) is 9.76. The molecule has 1 aromatic rings. The quantitative estimate of drug-likeness (QED) is 0.384. The Morgan fingerprint density at radius 2 is 2.11 bits per heavy atom. The molecule has 0 bridgehead atoms. The lowest BCUT2D eigenvalue weighted by atomic mass is 9.95. The predicted octanol–water partition coefficient (Wildman–Crippen LogP) is -3.49. The van der Waals surface area contributed by atoms with Crippen LogP contribution in [0.2, 0.25) is 0 Å². The monoisotopic (exact) mass is 274 g/mol. The summed E-state index contributed by atoms with van der Waals surface area (Å²) in [5.74, 6) is 0. The van der Waals surface area contributed by atoms with Gasteiger partial charge in [0.1, 0.15) is 12.2 Å². The third kappa shape index (κ3) is 2.11. The molecule has 0 amide bonds. The fourth-order valence-corrected chi connectivity index (χ4v) is 2.06. The van der Waals surface area contributed by atoms with E-state index in [9.17, 15) is 24.9 Å². The molecule has 0 spiro atoms. The molecule has 0 unspecified atom stereocenters. The number of nitrogens with one attached hydrogen (secondary N) is 1. The van der Waals surface area contributed by atoms with Gasteiger partial charge >= 0.3 is 5.69 Å². The van der Waals surface area contributed by atoms with Crippen molar-refractivity contribution in [1.82, 2.24) is 9.55 Å². The summed E-state index contributed by atoms with van der Waals surface area (Å²) in [7, 11) is 0. The molecule has 19 heavy (non-hydrogen) atoms. The topological polar surface area (TPSA) is 145 Å². The van der Waals surface area contributed by atoms with E-state index in [0.29, 0.717) is 0 Å². The molecule has 5 N–H and O–H groups in total. The number of nitrogens with zero attached hydrogens (tertiary/aromatic N) is 1. The standard InChI is InChI=1S/C10H14N2O7/c13-3-5-7(16)10(18,4-14)8(19-5)12-2-1-6(15)11-9(12)17/h1-2,5,7-8,13-14,16,18H,3-4H2,(H,11,15,17)/t5-,7-,8-,10-/m1/s1. The molecule has 9 heteroatoms. The van der Waals surface area contributed by atoms with Gasteiger partial charge in [0, 0.05) is 12.3 Å². The van der Waals surface area contributed by atoms with Crippen molar-refractivity contribution in [3.8, 4) is 0 Å². The van der Waals surface area contributed by atoms with E-state index in [1.165, 1.54) is 0 Å². The van der Waals surface area contributed by atoms with Gasteiger partial charge in [0.15, 0.2) is 11.8 Å². The number of ether oxygens (including phenoxy) is 1. The van der Waals surface area contributed by atoms with Gasteiger partial charge in [-0.1, -0.05) is 0 Å². The first-order valence-electron chi connectivity index (χ1n) is 5.53. The highest BCUT2D eigenvalue weighted by Crippen LogP contribution is 2.37. The van der Waals surface area contributed by atoms with Gasteiger partial charge in [-0.05, 0) is 0 Å². The van der Waals surface area contributed by atoms with Crippen LogP contribution in [0.15, 0.2) is 21.9 Å². The summed E-state index contributed by atoms with van der Waals surface area (Å²) >= 11 is 0. The summed E-state index contributed by atoms with van der Waals surface area (Å²) in [6, 6.07) is 1.03. The Bertz CT molecular complexity index is 567. The van der Waals surface area contributed by atoms with Crippen molar-refractivity contribution in [3.05, 3.63) is 33.1 Å². The maximum atomic E-state index is 11.6. The smallest absolute Gasteiger partial charge is 0.330 e.